The summed E-state index contributed by atoms with van der Waals surface area (Å²) in [6.45, 7) is 2.00. The zero-order valence-electron chi connectivity index (χ0n) is 11.5. The number of carbonyl (C=O) groups excluding carboxylic acids is 1. The number of amides is 1. The van der Waals surface area contributed by atoms with Crippen molar-refractivity contribution in [3.63, 3.8) is 0 Å². The minimum Gasteiger partial charge on any atom is -0.356 e. The fourth-order valence-electron chi connectivity index (χ4n) is 3.29. The normalized spacial score (nSPS) is 25.2. The van der Waals surface area contributed by atoms with Crippen LogP contribution in [0.25, 0.3) is 0 Å². The third-order valence-electron chi connectivity index (χ3n) is 4.48. The zero-order chi connectivity index (χ0) is 12.6. The molecule has 104 valence electrons. The summed E-state index contributed by atoms with van der Waals surface area (Å²) in [4.78, 5) is 11.7. The van der Waals surface area contributed by atoms with Crippen LogP contribution in [0.2, 0.25) is 0 Å². The Labute approximate surface area is 111 Å². The van der Waals surface area contributed by atoms with Crippen LogP contribution in [0.1, 0.15) is 64.2 Å². The van der Waals surface area contributed by atoms with Crippen molar-refractivity contribution in [3.8, 4) is 0 Å². The minimum absolute atomic E-state index is 0.263. The lowest BCUT2D eigenvalue weighted by Gasteiger charge is -2.21. The molecule has 1 aliphatic carbocycles. The summed E-state index contributed by atoms with van der Waals surface area (Å²) in [6, 6.07) is 0.642. The molecule has 0 aromatic rings. The second-order valence-corrected chi connectivity index (χ2v) is 5.97. The molecule has 2 rings (SSSR count). The highest BCUT2D eigenvalue weighted by atomic mass is 16.1. The van der Waals surface area contributed by atoms with Gasteiger partial charge in [-0.15, -0.1) is 0 Å². The fraction of sp³-hybridized carbons (Fsp3) is 0.933. The summed E-state index contributed by atoms with van der Waals surface area (Å²) >= 11 is 0. The minimum atomic E-state index is 0.263. The van der Waals surface area contributed by atoms with Gasteiger partial charge in [0.25, 0.3) is 0 Å². The molecule has 0 unspecified atom stereocenters. The van der Waals surface area contributed by atoms with Crippen LogP contribution in [0.4, 0.5) is 0 Å². The Kier molecular flexibility index (Phi) is 5.98. The molecular formula is C15H28N2O. The van der Waals surface area contributed by atoms with Gasteiger partial charge in [0.1, 0.15) is 0 Å². The van der Waals surface area contributed by atoms with Crippen molar-refractivity contribution in [1.82, 2.24) is 10.6 Å². The summed E-state index contributed by atoms with van der Waals surface area (Å²) in [5.41, 5.74) is 0. The topological polar surface area (TPSA) is 41.1 Å². The van der Waals surface area contributed by atoms with Gasteiger partial charge in [-0.25, -0.2) is 0 Å². The van der Waals surface area contributed by atoms with Crippen LogP contribution in [-0.2, 0) is 4.79 Å². The Bertz CT molecular complexity index is 243. The van der Waals surface area contributed by atoms with E-state index in [0.29, 0.717) is 6.04 Å². The van der Waals surface area contributed by atoms with Gasteiger partial charge in [-0.3, -0.25) is 4.79 Å². The van der Waals surface area contributed by atoms with Gasteiger partial charge in [0.15, 0.2) is 0 Å². The summed E-state index contributed by atoms with van der Waals surface area (Å²) in [5, 5.41) is 6.53. The molecule has 0 radical (unpaired) electrons. The SMILES string of the molecule is O=C(CCC1CCCCC1)NCC[C@@H]1CCCN1. The predicted molar refractivity (Wildman–Crippen MR) is 74.5 cm³/mol. The maximum Gasteiger partial charge on any atom is 0.220 e. The van der Waals surface area contributed by atoms with Crippen LogP contribution in [0.15, 0.2) is 0 Å². The average molecular weight is 252 g/mol. The van der Waals surface area contributed by atoms with E-state index in [2.05, 4.69) is 10.6 Å². The Balaban J connectivity index is 1.49. The largest absolute Gasteiger partial charge is 0.356 e. The molecule has 3 nitrogen and oxygen atoms in total. The maximum absolute atomic E-state index is 11.7. The van der Waals surface area contributed by atoms with Gasteiger partial charge in [-0.1, -0.05) is 32.1 Å². The Morgan fingerprint density at radius 2 is 1.89 bits per heavy atom. The molecule has 1 amide bonds. The van der Waals surface area contributed by atoms with Gasteiger partial charge in [0, 0.05) is 19.0 Å². The van der Waals surface area contributed by atoms with E-state index < -0.39 is 0 Å². The van der Waals surface area contributed by atoms with Crippen LogP contribution in [0, 0.1) is 5.92 Å². The summed E-state index contributed by atoms with van der Waals surface area (Å²) in [7, 11) is 0. The summed E-state index contributed by atoms with van der Waals surface area (Å²) in [5.74, 6) is 1.08. The number of hydrogen-bond acceptors (Lipinski definition) is 2. The molecule has 1 saturated carbocycles. The smallest absolute Gasteiger partial charge is 0.220 e. The van der Waals surface area contributed by atoms with Crippen LogP contribution < -0.4 is 10.6 Å². The van der Waals surface area contributed by atoms with Gasteiger partial charge >= 0.3 is 0 Å². The lowest BCUT2D eigenvalue weighted by molar-refractivity contribution is -0.121. The van der Waals surface area contributed by atoms with Gasteiger partial charge in [-0.2, -0.15) is 0 Å². The van der Waals surface area contributed by atoms with E-state index in [0.717, 1.165) is 38.3 Å². The number of rotatable bonds is 6. The molecule has 2 N–H and O–H groups in total. The van der Waals surface area contributed by atoms with Crippen molar-refractivity contribution < 1.29 is 4.79 Å². The van der Waals surface area contributed by atoms with Crippen molar-refractivity contribution in [2.45, 2.75) is 70.3 Å². The van der Waals surface area contributed by atoms with E-state index in [-0.39, 0.29) is 5.91 Å². The lowest BCUT2D eigenvalue weighted by atomic mass is 9.86. The molecule has 2 aliphatic rings. The van der Waals surface area contributed by atoms with Gasteiger partial charge in [-0.05, 0) is 38.1 Å². The molecule has 1 aliphatic heterocycles. The van der Waals surface area contributed by atoms with E-state index in [4.69, 9.17) is 0 Å². The van der Waals surface area contributed by atoms with Crippen LogP contribution in [0.3, 0.4) is 0 Å². The molecular weight excluding hydrogens is 224 g/mol. The predicted octanol–water partition coefficient (Wildman–Crippen LogP) is 2.61. The Hall–Kier alpha value is -0.570. The third-order valence-corrected chi connectivity index (χ3v) is 4.48. The maximum atomic E-state index is 11.7. The highest BCUT2D eigenvalue weighted by Gasteiger charge is 2.16. The molecule has 1 heterocycles. The standard InChI is InChI=1S/C15H28N2O/c18-15(9-8-13-5-2-1-3-6-13)17-12-10-14-7-4-11-16-14/h13-14,16H,1-12H2,(H,17,18)/t14-/m0/s1. The number of nitrogens with one attached hydrogen (secondary N) is 2. The zero-order valence-corrected chi connectivity index (χ0v) is 11.5. The van der Waals surface area contributed by atoms with Crippen molar-refractivity contribution in [1.29, 1.82) is 0 Å². The second kappa shape index (κ2) is 7.78. The lowest BCUT2D eigenvalue weighted by Crippen LogP contribution is -2.30. The van der Waals surface area contributed by atoms with Gasteiger partial charge in [0.2, 0.25) is 5.91 Å². The molecule has 1 saturated heterocycles. The number of carbonyl (C=O) groups is 1. The van der Waals surface area contributed by atoms with E-state index in [9.17, 15) is 4.79 Å². The Morgan fingerprint density at radius 3 is 2.61 bits per heavy atom. The third kappa shape index (κ3) is 4.97. The monoisotopic (exact) mass is 252 g/mol. The quantitative estimate of drug-likeness (QED) is 0.763. The summed E-state index contributed by atoms with van der Waals surface area (Å²) < 4.78 is 0. The molecule has 0 spiro atoms. The van der Waals surface area contributed by atoms with E-state index in [1.807, 2.05) is 0 Å². The molecule has 0 bridgehead atoms. The van der Waals surface area contributed by atoms with E-state index >= 15 is 0 Å². The molecule has 0 aromatic carbocycles. The first-order valence-electron chi connectivity index (χ1n) is 7.84. The van der Waals surface area contributed by atoms with Crippen molar-refractivity contribution >= 4 is 5.91 Å². The average Bonchev–Trinajstić information content (AvgIpc) is 2.91. The first-order valence-corrected chi connectivity index (χ1v) is 7.84. The number of hydrogen-bond donors (Lipinski definition) is 2. The second-order valence-electron chi connectivity index (χ2n) is 5.97. The molecule has 3 heteroatoms. The molecule has 18 heavy (non-hydrogen) atoms. The van der Waals surface area contributed by atoms with Gasteiger partial charge < -0.3 is 10.6 Å². The molecule has 0 aromatic heterocycles. The first kappa shape index (κ1) is 13.9. The first-order chi connectivity index (χ1) is 8.84. The van der Waals surface area contributed by atoms with Crippen LogP contribution in [-0.4, -0.2) is 25.0 Å². The van der Waals surface area contributed by atoms with Crippen molar-refractivity contribution in [2.24, 2.45) is 5.92 Å². The van der Waals surface area contributed by atoms with E-state index in [1.54, 1.807) is 0 Å². The molecule has 2 fully saturated rings. The molecule has 1 atom stereocenters. The van der Waals surface area contributed by atoms with Gasteiger partial charge in [0.05, 0.1) is 0 Å². The van der Waals surface area contributed by atoms with E-state index in [1.165, 1.54) is 44.9 Å². The Morgan fingerprint density at radius 1 is 1.06 bits per heavy atom. The van der Waals surface area contributed by atoms with Crippen molar-refractivity contribution in [2.75, 3.05) is 13.1 Å². The summed E-state index contributed by atoms with van der Waals surface area (Å²) in [6.07, 6.45) is 12.3. The van der Waals surface area contributed by atoms with Crippen LogP contribution in [0.5, 0.6) is 0 Å². The highest BCUT2D eigenvalue weighted by Crippen LogP contribution is 2.27. The highest BCUT2D eigenvalue weighted by molar-refractivity contribution is 5.75. The van der Waals surface area contributed by atoms with Crippen molar-refractivity contribution in [3.05, 3.63) is 0 Å². The van der Waals surface area contributed by atoms with Crippen LogP contribution >= 0.6 is 0 Å². The fourth-order valence-corrected chi connectivity index (χ4v) is 3.29.